The Morgan fingerprint density at radius 1 is 1.23 bits per heavy atom. The molecule has 3 aromatic rings. The molecule has 0 saturated carbocycles. The van der Waals surface area contributed by atoms with Crippen LogP contribution in [0.2, 0.25) is 0 Å². The Morgan fingerprint density at radius 3 is 2.73 bits per heavy atom. The van der Waals surface area contributed by atoms with E-state index in [2.05, 4.69) is 5.10 Å². The molecule has 0 saturated heterocycles. The molecule has 0 spiro atoms. The number of benzene rings is 1. The van der Waals surface area contributed by atoms with Crippen LogP contribution in [0.15, 0.2) is 71.1 Å². The average molecular weight is 289 g/mol. The van der Waals surface area contributed by atoms with E-state index in [1.165, 1.54) is 18.4 Å². The Morgan fingerprint density at radius 2 is 2.05 bits per heavy atom. The molecule has 0 unspecified atom stereocenters. The Bertz CT molecular complexity index is 853. The highest BCUT2D eigenvalue weighted by molar-refractivity contribution is 6.12. The molecule has 0 radical (unpaired) electrons. The fourth-order valence-electron chi connectivity index (χ4n) is 1.99. The number of hydrogen-bond acceptors (Lipinski definition) is 4. The zero-order valence-corrected chi connectivity index (χ0v) is 11.5. The van der Waals surface area contributed by atoms with Gasteiger partial charge in [0.15, 0.2) is 5.76 Å². The van der Waals surface area contributed by atoms with E-state index in [9.17, 15) is 10.1 Å². The van der Waals surface area contributed by atoms with Crippen LogP contribution in [0.4, 0.5) is 0 Å². The molecule has 22 heavy (non-hydrogen) atoms. The van der Waals surface area contributed by atoms with Crippen molar-refractivity contribution < 1.29 is 9.21 Å². The van der Waals surface area contributed by atoms with E-state index in [0.29, 0.717) is 5.56 Å². The minimum atomic E-state index is -0.444. The highest BCUT2D eigenvalue weighted by Crippen LogP contribution is 2.14. The Balaban J connectivity index is 1.90. The SMILES string of the molecule is N#C/C(=C\c1cnn(-c2ccccc2)c1)C(=O)c1ccco1. The van der Waals surface area contributed by atoms with Crippen molar-refractivity contribution in [3.8, 4) is 11.8 Å². The highest BCUT2D eigenvalue weighted by Gasteiger charge is 2.15. The number of furan rings is 1. The quantitative estimate of drug-likeness (QED) is 0.420. The lowest BCUT2D eigenvalue weighted by Gasteiger charge is -1.98. The number of carbonyl (C=O) groups is 1. The molecule has 0 fully saturated rings. The molecule has 106 valence electrons. The largest absolute Gasteiger partial charge is 0.461 e. The standard InChI is InChI=1S/C17H11N3O2/c18-10-14(17(21)16-7-4-8-22-16)9-13-11-19-20(12-13)15-5-2-1-3-6-15/h1-9,11-12H/b14-9+. The number of carbonyl (C=O) groups excluding carboxylic acids is 1. The number of aromatic nitrogens is 2. The molecule has 0 N–H and O–H groups in total. The molecule has 0 atom stereocenters. The fourth-order valence-corrected chi connectivity index (χ4v) is 1.99. The first kappa shape index (κ1) is 13.6. The molecule has 0 aliphatic carbocycles. The van der Waals surface area contributed by atoms with Crippen LogP contribution in [-0.4, -0.2) is 15.6 Å². The number of nitriles is 1. The van der Waals surface area contributed by atoms with Gasteiger partial charge in [-0.25, -0.2) is 4.68 Å². The second-order valence-electron chi connectivity index (χ2n) is 4.53. The van der Waals surface area contributed by atoms with E-state index in [0.717, 1.165) is 5.69 Å². The van der Waals surface area contributed by atoms with Crippen molar-refractivity contribution in [2.45, 2.75) is 0 Å². The number of Topliss-reactive ketones (excluding diaryl/α,β-unsaturated/α-hetero) is 1. The van der Waals surface area contributed by atoms with Gasteiger partial charge in [-0.05, 0) is 30.3 Å². The van der Waals surface area contributed by atoms with Gasteiger partial charge in [-0.15, -0.1) is 0 Å². The predicted octanol–water partition coefficient (Wildman–Crippen LogP) is 3.26. The van der Waals surface area contributed by atoms with Crippen LogP contribution in [-0.2, 0) is 0 Å². The topological polar surface area (TPSA) is 71.8 Å². The van der Waals surface area contributed by atoms with Crippen LogP contribution in [0.1, 0.15) is 16.1 Å². The molecule has 5 heteroatoms. The Labute approximate surface area is 126 Å². The van der Waals surface area contributed by atoms with Crippen molar-refractivity contribution in [2.75, 3.05) is 0 Å². The lowest BCUT2D eigenvalue weighted by molar-refractivity contribution is 0.101. The van der Waals surface area contributed by atoms with Crippen molar-refractivity contribution in [2.24, 2.45) is 0 Å². The number of allylic oxidation sites excluding steroid dienone is 1. The maximum Gasteiger partial charge on any atom is 0.238 e. The van der Waals surface area contributed by atoms with Gasteiger partial charge < -0.3 is 4.42 Å². The maximum atomic E-state index is 12.1. The third-order valence-corrected chi connectivity index (χ3v) is 3.04. The van der Waals surface area contributed by atoms with Crippen LogP contribution in [0.3, 0.4) is 0 Å². The van der Waals surface area contributed by atoms with Crippen molar-refractivity contribution in [1.29, 1.82) is 5.26 Å². The van der Waals surface area contributed by atoms with Crippen molar-refractivity contribution in [1.82, 2.24) is 9.78 Å². The van der Waals surface area contributed by atoms with E-state index >= 15 is 0 Å². The summed E-state index contributed by atoms with van der Waals surface area (Å²) in [6, 6.07) is 14.6. The molecule has 2 aromatic heterocycles. The van der Waals surface area contributed by atoms with Crippen LogP contribution < -0.4 is 0 Å². The zero-order chi connectivity index (χ0) is 15.4. The van der Waals surface area contributed by atoms with Gasteiger partial charge in [0.05, 0.1) is 18.1 Å². The molecule has 0 aliphatic rings. The summed E-state index contributed by atoms with van der Waals surface area (Å²) in [6.45, 7) is 0. The number of hydrogen-bond donors (Lipinski definition) is 0. The van der Waals surface area contributed by atoms with Crippen LogP contribution in [0, 0.1) is 11.3 Å². The number of rotatable bonds is 4. The summed E-state index contributed by atoms with van der Waals surface area (Å²) in [4.78, 5) is 12.1. The summed E-state index contributed by atoms with van der Waals surface area (Å²) in [6.07, 6.45) is 6.24. The highest BCUT2D eigenvalue weighted by atomic mass is 16.3. The predicted molar refractivity (Wildman–Crippen MR) is 80.2 cm³/mol. The number of nitrogens with zero attached hydrogens (tertiary/aromatic N) is 3. The first-order chi connectivity index (χ1) is 10.8. The second kappa shape index (κ2) is 5.94. The average Bonchev–Trinajstić information content (AvgIpc) is 3.24. The first-order valence-electron chi connectivity index (χ1n) is 6.58. The Hall–Kier alpha value is -3.39. The number of para-hydroxylation sites is 1. The molecule has 0 bridgehead atoms. The van der Waals surface area contributed by atoms with E-state index in [-0.39, 0.29) is 11.3 Å². The monoisotopic (exact) mass is 289 g/mol. The minimum absolute atomic E-state index is 0.00237. The van der Waals surface area contributed by atoms with Gasteiger partial charge in [0, 0.05) is 11.8 Å². The molecular formula is C17H11N3O2. The molecular weight excluding hydrogens is 278 g/mol. The maximum absolute atomic E-state index is 12.1. The van der Waals surface area contributed by atoms with Crippen molar-refractivity contribution in [3.05, 3.63) is 78.0 Å². The van der Waals surface area contributed by atoms with Gasteiger partial charge in [-0.1, -0.05) is 18.2 Å². The lowest BCUT2D eigenvalue weighted by atomic mass is 10.1. The second-order valence-corrected chi connectivity index (χ2v) is 4.53. The molecule has 1 aromatic carbocycles. The third kappa shape index (κ3) is 2.72. The van der Waals surface area contributed by atoms with Gasteiger partial charge in [0.25, 0.3) is 0 Å². The van der Waals surface area contributed by atoms with Crippen molar-refractivity contribution in [3.63, 3.8) is 0 Å². The van der Waals surface area contributed by atoms with Crippen LogP contribution >= 0.6 is 0 Å². The lowest BCUT2D eigenvalue weighted by Crippen LogP contribution is -1.99. The summed E-state index contributed by atoms with van der Waals surface area (Å²) in [5, 5.41) is 13.4. The summed E-state index contributed by atoms with van der Waals surface area (Å²) in [7, 11) is 0. The summed E-state index contributed by atoms with van der Waals surface area (Å²) < 4.78 is 6.71. The summed E-state index contributed by atoms with van der Waals surface area (Å²) in [5.74, 6) is -0.303. The van der Waals surface area contributed by atoms with E-state index in [1.54, 1.807) is 23.1 Å². The molecule has 0 amide bonds. The molecule has 5 nitrogen and oxygen atoms in total. The fraction of sp³-hybridized carbons (Fsp3) is 0. The van der Waals surface area contributed by atoms with Gasteiger partial charge >= 0.3 is 0 Å². The van der Waals surface area contributed by atoms with Gasteiger partial charge in [0.2, 0.25) is 5.78 Å². The molecule has 2 heterocycles. The Kier molecular flexibility index (Phi) is 3.67. The van der Waals surface area contributed by atoms with Crippen LogP contribution in [0.25, 0.3) is 11.8 Å². The van der Waals surface area contributed by atoms with Crippen LogP contribution in [0.5, 0.6) is 0 Å². The summed E-state index contributed by atoms with van der Waals surface area (Å²) in [5.41, 5.74) is 1.57. The molecule has 3 rings (SSSR count). The van der Waals surface area contributed by atoms with Gasteiger partial charge in [0.1, 0.15) is 11.6 Å². The van der Waals surface area contributed by atoms with E-state index in [1.807, 2.05) is 36.4 Å². The first-order valence-corrected chi connectivity index (χ1v) is 6.58. The normalized spacial score (nSPS) is 11.1. The minimum Gasteiger partial charge on any atom is -0.461 e. The van der Waals surface area contributed by atoms with Gasteiger partial charge in [-0.3, -0.25) is 4.79 Å². The third-order valence-electron chi connectivity index (χ3n) is 3.04. The zero-order valence-electron chi connectivity index (χ0n) is 11.5. The van der Waals surface area contributed by atoms with E-state index in [4.69, 9.17) is 4.42 Å². The van der Waals surface area contributed by atoms with Gasteiger partial charge in [-0.2, -0.15) is 10.4 Å². The number of ketones is 1. The van der Waals surface area contributed by atoms with E-state index < -0.39 is 5.78 Å². The smallest absolute Gasteiger partial charge is 0.238 e. The molecule has 0 aliphatic heterocycles. The van der Waals surface area contributed by atoms with Crippen molar-refractivity contribution >= 4 is 11.9 Å². The summed E-state index contributed by atoms with van der Waals surface area (Å²) >= 11 is 0.